The second kappa shape index (κ2) is 5.83. The summed E-state index contributed by atoms with van der Waals surface area (Å²) in [7, 11) is 4.49. The van der Waals surface area contributed by atoms with Gasteiger partial charge >= 0.3 is 5.97 Å². The molecule has 3 rings (SSSR count). The van der Waals surface area contributed by atoms with Crippen molar-refractivity contribution in [3.63, 3.8) is 0 Å². The molecular weight excluding hydrogens is 296 g/mol. The normalized spacial score (nSPS) is 12.1. The van der Waals surface area contributed by atoms with Crippen molar-refractivity contribution in [2.75, 3.05) is 21.3 Å². The maximum Gasteiger partial charge on any atom is 0.341 e. The summed E-state index contributed by atoms with van der Waals surface area (Å²) in [5.41, 5.74) is 4.17. The van der Waals surface area contributed by atoms with Crippen LogP contribution in [0.25, 0.3) is 11.1 Å². The predicted molar refractivity (Wildman–Crippen MR) is 85.4 cm³/mol. The molecule has 1 aliphatic rings. The van der Waals surface area contributed by atoms with Gasteiger partial charge in [0.05, 0.1) is 21.3 Å². The minimum absolute atomic E-state index is 0.0560. The minimum atomic E-state index is -0.557. The largest absolute Gasteiger partial charge is 0.507 e. The Morgan fingerprint density at radius 3 is 2.09 bits per heavy atom. The molecule has 0 saturated heterocycles. The molecule has 0 spiro atoms. The number of methoxy groups -OCH3 is 3. The average molecular weight is 314 g/mol. The summed E-state index contributed by atoms with van der Waals surface area (Å²) in [5, 5.41) is 10.1. The van der Waals surface area contributed by atoms with Crippen LogP contribution in [0.4, 0.5) is 0 Å². The molecule has 0 heterocycles. The van der Waals surface area contributed by atoms with Crippen LogP contribution in [0.2, 0.25) is 0 Å². The molecule has 0 fully saturated rings. The lowest BCUT2D eigenvalue weighted by Crippen LogP contribution is -2.08. The molecule has 2 aromatic carbocycles. The van der Waals surface area contributed by atoms with Crippen molar-refractivity contribution in [3.8, 4) is 28.4 Å². The first-order valence-electron chi connectivity index (χ1n) is 7.28. The Labute approximate surface area is 134 Å². The van der Waals surface area contributed by atoms with E-state index < -0.39 is 5.97 Å². The van der Waals surface area contributed by atoms with Gasteiger partial charge in [-0.3, -0.25) is 0 Å². The van der Waals surface area contributed by atoms with Gasteiger partial charge in [0.25, 0.3) is 0 Å². The van der Waals surface area contributed by atoms with E-state index in [0.29, 0.717) is 11.5 Å². The quantitative estimate of drug-likeness (QED) is 0.882. The third-order valence-corrected chi connectivity index (χ3v) is 4.19. The molecule has 0 unspecified atom stereocenters. The lowest BCUT2D eigenvalue weighted by atomic mass is 9.84. The van der Waals surface area contributed by atoms with Crippen LogP contribution in [0.15, 0.2) is 24.3 Å². The van der Waals surface area contributed by atoms with Crippen LogP contribution in [0.3, 0.4) is 0 Å². The van der Waals surface area contributed by atoms with E-state index in [1.54, 1.807) is 26.4 Å². The number of hydrogen-bond donors (Lipinski definition) is 1. The van der Waals surface area contributed by atoms with E-state index in [0.717, 1.165) is 35.1 Å². The van der Waals surface area contributed by atoms with Crippen molar-refractivity contribution in [3.05, 3.63) is 41.0 Å². The van der Waals surface area contributed by atoms with Gasteiger partial charge in [0, 0.05) is 0 Å². The van der Waals surface area contributed by atoms with Gasteiger partial charge in [-0.15, -0.1) is 0 Å². The SMILES string of the molecule is COC(=O)c1cc2c(cc1O)CCc1cc(OC)c(OC)cc1-2. The van der Waals surface area contributed by atoms with Gasteiger partial charge in [0.2, 0.25) is 0 Å². The van der Waals surface area contributed by atoms with Crippen LogP contribution in [0.1, 0.15) is 21.5 Å². The van der Waals surface area contributed by atoms with E-state index in [4.69, 9.17) is 14.2 Å². The molecule has 0 bridgehead atoms. The van der Waals surface area contributed by atoms with Crippen LogP contribution < -0.4 is 9.47 Å². The Kier molecular flexibility index (Phi) is 3.86. The number of fused-ring (bicyclic) bond motifs is 3. The maximum absolute atomic E-state index is 11.8. The van der Waals surface area contributed by atoms with Gasteiger partial charge < -0.3 is 19.3 Å². The van der Waals surface area contributed by atoms with E-state index in [1.165, 1.54) is 7.11 Å². The number of rotatable bonds is 3. The van der Waals surface area contributed by atoms with Crippen molar-refractivity contribution < 1.29 is 24.1 Å². The third kappa shape index (κ3) is 2.48. The van der Waals surface area contributed by atoms with Gasteiger partial charge in [-0.05, 0) is 59.4 Å². The fourth-order valence-corrected chi connectivity index (χ4v) is 3.01. The molecule has 5 nitrogen and oxygen atoms in total. The zero-order valence-corrected chi connectivity index (χ0v) is 13.3. The highest BCUT2D eigenvalue weighted by atomic mass is 16.5. The van der Waals surface area contributed by atoms with Crippen LogP contribution in [-0.4, -0.2) is 32.4 Å². The van der Waals surface area contributed by atoms with Crippen LogP contribution in [-0.2, 0) is 17.6 Å². The van der Waals surface area contributed by atoms with Gasteiger partial charge in [-0.25, -0.2) is 4.79 Å². The fourth-order valence-electron chi connectivity index (χ4n) is 3.01. The molecule has 23 heavy (non-hydrogen) atoms. The Morgan fingerprint density at radius 2 is 1.48 bits per heavy atom. The molecule has 5 heteroatoms. The molecule has 0 radical (unpaired) electrons. The lowest BCUT2D eigenvalue weighted by molar-refractivity contribution is 0.0597. The van der Waals surface area contributed by atoms with Gasteiger partial charge in [-0.2, -0.15) is 0 Å². The Balaban J connectivity index is 2.21. The fraction of sp³-hybridized carbons (Fsp3) is 0.278. The molecule has 0 saturated carbocycles. The summed E-state index contributed by atoms with van der Waals surface area (Å²) in [5.74, 6) is 0.700. The van der Waals surface area contributed by atoms with E-state index in [-0.39, 0.29) is 11.3 Å². The number of benzene rings is 2. The standard InChI is InChI=1S/C18H18O5/c1-21-16-7-11-5-4-10-6-15(19)14(18(20)23-3)8-12(10)13(11)9-17(16)22-2/h6-9,19H,4-5H2,1-3H3. The second-order valence-electron chi connectivity index (χ2n) is 5.38. The van der Waals surface area contributed by atoms with Crippen molar-refractivity contribution in [2.45, 2.75) is 12.8 Å². The van der Waals surface area contributed by atoms with E-state index >= 15 is 0 Å². The Morgan fingerprint density at radius 1 is 0.913 bits per heavy atom. The molecular formula is C18H18O5. The van der Waals surface area contributed by atoms with Crippen molar-refractivity contribution >= 4 is 5.97 Å². The van der Waals surface area contributed by atoms with Crippen molar-refractivity contribution in [1.82, 2.24) is 0 Å². The first kappa shape index (κ1) is 15.2. The molecule has 0 amide bonds. The number of aryl methyl sites for hydroxylation is 2. The predicted octanol–water partition coefficient (Wildman–Crippen LogP) is 2.96. The van der Waals surface area contributed by atoms with Gasteiger partial charge in [0.1, 0.15) is 11.3 Å². The zero-order chi connectivity index (χ0) is 16.6. The van der Waals surface area contributed by atoms with Gasteiger partial charge in [0.15, 0.2) is 11.5 Å². The third-order valence-electron chi connectivity index (χ3n) is 4.19. The number of hydrogen-bond acceptors (Lipinski definition) is 5. The monoisotopic (exact) mass is 314 g/mol. The van der Waals surface area contributed by atoms with Crippen LogP contribution in [0, 0.1) is 0 Å². The summed E-state index contributed by atoms with van der Waals surface area (Å²) >= 11 is 0. The number of phenols is 1. The summed E-state index contributed by atoms with van der Waals surface area (Å²) in [6, 6.07) is 7.19. The highest BCUT2D eigenvalue weighted by Gasteiger charge is 2.23. The summed E-state index contributed by atoms with van der Waals surface area (Å²) in [4.78, 5) is 11.8. The summed E-state index contributed by atoms with van der Waals surface area (Å²) < 4.78 is 15.5. The maximum atomic E-state index is 11.8. The van der Waals surface area contributed by atoms with Crippen LogP contribution in [0.5, 0.6) is 17.2 Å². The molecule has 0 aromatic heterocycles. The zero-order valence-electron chi connectivity index (χ0n) is 13.3. The summed E-state index contributed by atoms with van der Waals surface area (Å²) in [6.07, 6.45) is 1.62. The van der Waals surface area contributed by atoms with Crippen LogP contribution >= 0.6 is 0 Å². The van der Waals surface area contributed by atoms with E-state index in [1.807, 2.05) is 12.1 Å². The molecule has 1 N–H and O–H groups in total. The smallest absolute Gasteiger partial charge is 0.341 e. The number of phenolic OH excluding ortho intramolecular Hbond substituents is 1. The number of carbonyl (C=O) groups is 1. The lowest BCUT2D eigenvalue weighted by Gasteiger charge is -2.23. The van der Waals surface area contributed by atoms with Crippen molar-refractivity contribution in [1.29, 1.82) is 0 Å². The highest BCUT2D eigenvalue weighted by Crippen LogP contribution is 2.42. The number of esters is 1. The Hall–Kier alpha value is -2.69. The Bertz CT molecular complexity index is 779. The minimum Gasteiger partial charge on any atom is -0.507 e. The topological polar surface area (TPSA) is 65.0 Å². The second-order valence-corrected chi connectivity index (χ2v) is 5.38. The first-order valence-corrected chi connectivity index (χ1v) is 7.28. The number of aromatic hydroxyl groups is 1. The first-order chi connectivity index (χ1) is 11.1. The number of carbonyl (C=O) groups excluding carboxylic acids is 1. The summed E-state index contributed by atoms with van der Waals surface area (Å²) in [6.45, 7) is 0. The average Bonchev–Trinajstić information content (AvgIpc) is 2.58. The molecule has 120 valence electrons. The van der Waals surface area contributed by atoms with E-state index in [2.05, 4.69) is 0 Å². The molecule has 2 aromatic rings. The molecule has 0 aliphatic heterocycles. The molecule has 0 atom stereocenters. The number of ether oxygens (including phenoxy) is 3. The van der Waals surface area contributed by atoms with E-state index in [9.17, 15) is 9.90 Å². The highest BCUT2D eigenvalue weighted by molar-refractivity contribution is 5.95. The van der Waals surface area contributed by atoms with Crippen molar-refractivity contribution in [2.24, 2.45) is 0 Å². The molecule has 1 aliphatic carbocycles. The van der Waals surface area contributed by atoms with Gasteiger partial charge in [-0.1, -0.05) is 0 Å².